The second-order valence-electron chi connectivity index (χ2n) is 11.2. The lowest BCUT2D eigenvalue weighted by Gasteiger charge is -2.16. The van der Waals surface area contributed by atoms with Crippen LogP contribution < -0.4 is 25.3 Å². The molecule has 0 aliphatic carbocycles. The van der Waals surface area contributed by atoms with Crippen LogP contribution in [0, 0.1) is 0 Å². The Morgan fingerprint density at radius 2 is 1.20 bits per heavy atom. The maximum atomic E-state index is 14.3. The molecule has 0 spiro atoms. The second-order valence-corrected chi connectivity index (χ2v) is 11.2. The van der Waals surface area contributed by atoms with E-state index in [0.717, 1.165) is 31.7 Å². The molecule has 0 aromatic heterocycles. The van der Waals surface area contributed by atoms with Crippen molar-refractivity contribution in [3.63, 3.8) is 0 Å². The highest BCUT2D eigenvalue weighted by Gasteiger charge is 2.54. The molecule has 4 aliphatic rings. The van der Waals surface area contributed by atoms with E-state index in [-0.39, 0.29) is 55.5 Å². The summed E-state index contributed by atoms with van der Waals surface area (Å²) < 4.78 is 71.5. The number of carbonyl (C=O) groups is 6. The molecule has 0 saturated carbocycles. The van der Waals surface area contributed by atoms with Crippen LogP contribution in [-0.2, 0) is 45.2 Å². The number of nitrogens with two attached hydrogens (primary N) is 1. The van der Waals surface area contributed by atoms with E-state index < -0.39 is 71.1 Å². The molecule has 262 valence electrons. The van der Waals surface area contributed by atoms with Crippen molar-refractivity contribution in [3.05, 3.63) is 47.5 Å². The Kier molecular flexibility index (Phi) is 9.18. The highest BCUT2D eigenvalue weighted by atomic mass is 19.3. The van der Waals surface area contributed by atoms with Gasteiger partial charge in [-0.1, -0.05) is 6.92 Å². The maximum absolute atomic E-state index is 14.3. The van der Waals surface area contributed by atoms with E-state index >= 15 is 0 Å². The van der Waals surface area contributed by atoms with Gasteiger partial charge in [-0.3, -0.25) is 24.2 Å². The van der Waals surface area contributed by atoms with Crippen molar-refractivity contribution in [3.8, 4) is 0 Å². The van der Waals surface area contributed by atoms with Gasteiger partial charge in [0.15, 0.2) is 6.10 Å². The zero-order valence-corrected chi connectivity index (χ0v) is 26.4. The van der Waals surface area contributed by atoms with Gasteiger partial charge in [0.2, 0.25) is 6.10 Å². The Morgan fingerprint density at radius 1 is 0.776 bits per heavy atom. The van der Waals surface area contributed by atoms with Crippen molar-refractivity contribution >= 4 is 58.6 Å². The smallest absolute Gasteiger partial charge is 0.415 e. The van der Waals surface area contributed by atoms with Crippen molar-refractivity contribution in [1.82, 2.24) is 0 Å². The fraction of sp³-hybridized carbons (Fsp3) is 0.419. The van der Waals surface area contributed by atoms with Gasteiger partial charge in [0, 0.05) is 24.5 Å². The van der Waals surface area contributed by atoms with Crippen molar-refractivity contribution in [2.24, 2.45) is 5.73 Å². The number of benzene rings is 2. The molecule has 0 radical (unpaired) electrons. The molecular weight excluding hydrogens is 662 g/mol. The molecule has 0 bridgehead atoms. The first kappa shape index (κ1) is 34.9. The number of amides is 5. The molecule has 49 heavy (non-hydrogen) atoms. The topological polar surface area (TPSA) is 169 Å². The van der Waals surface area contributed by atoms with Gasteiger partial charge in [-0.05, 0) is 56.7 Å². The predicted octanol–water partition coefficient (Wildman–Crippen LogP) is 3.38. The zero-order chi connectivity index (χ0) is 36.0. The van der Waals surface area contributed by atoms with Gasteiger partial charge in [-0.15, -0.1) is 0 Å². The number of anilines is 4. The number of ether oxygens (including phenoxy) is 3. The molecule has 14 nitrogen and oxygen atoms in total. The van der Waals surface area contributed by atoms with E-state index in [0.29, 0.717) is 6.42 Å². The van der Waals surface area contributed by atoms with Crippen LogP contribution in [0.15, 0.2) is 36.4 Å². The second kappa shape index (κ2) is 12.9. The van der Waals surface area contributed by atoms with Crippen LogP contribution in [0.2, 0.25) is 0 Å². The van der Waals surface area contributed by atoms with Crippen molar-refractivity contribution in [2.45, 2.75) is 51.2 Å². The summed E-state index contributed by atoms with van der Waals surface area (Å²) in [6.07, 6.45) is -3.31. The number of alkyl halides is 4. The monoisotopic (exact) mass is 693 g/mol. The van der Waals surface area contributed by atoms with E-state index in [2.05, 4.69) is 0 Å². The van der Waals surface area contributed by atoms with E-state index in [9.17, 15) is 46.3 Å². The molecule has 6 rings (SSSR count). The molecule has 0 unspecified atom stereocenters. The van der Waals surface area contributed by atoms with Crippen molar-refractivity contribution in [2.75, 3.05) is 52.4 Å². The Bertz CT molecular complexity index is 1740. The number of primary amides is 1. The van der Waals surface area contributed by atoms with E-state index in [1.807, 2.05) is 6.92 Å². The Morgan fingerprint density at radius 3 is 1.59 bits per heavy atom. The summed E-state index contributed by atoms with van der Waals surface area (Å²) >= 11 is 0. The van der Waals surface area contributed by atoms with Gasteiger partial charge in [0.25, 0.3) is 5.91 Å². The minimum absolute atomic E-state index is 0.102. The average molecular weight is 694 g/mol. The van der Waals surface area contributed by atoms with Crippen LogP contribution in [0.5, 0.6) is 0 Å². The SMILES string of the molecule is CCCOC(=O)[C@H]1CN(c2ccc3c(c2)C(F)(F)C(=O)N3CC)C(=O)O1.CCN1C(=O)C(F)(F)c2cc(N3C[C@H](C(N)=O)OC3=O)ccc21. The number of likely N-dealkylation sites (N-methyl/N-ethyl adjacent to an activating group) is 2. The first-order valence-corrected chi connectivity index (χ1v) is 15.2. The molecular formula is C31H31F4N5O9. The lowest BCUT2D eigenvalue weighted by Crippen LogP contribution is -2.34. The summed E-state index contributed by atoms with van der Waals surface area (Å²) in [5.41, 5.74) is 4.59. The molecule has 2 fully saturated rings. The number of esters is 1. The number of rotatable bonds is 8. The summed E-state index contributed by atoms with van der Waals surface area (Å²) in [5.74, 6) is -11.4. The van der Waals surface area contributed by atoms with Gasteiger partial charge in [-0.2, -0.15) is 17.6 Å². The minimum Gasteiger partial charge on any atom is -0.463 e. The molecule has 2 aromatic rings. The fourth-order valence-corrected chi connectivity index (χ4v) is 5.69. The van der Waals surface area contributed by atoms with Crippen molar-refractivity contribution in [1.29, 1.82) is 0 Å². The largest absolute Gasteiger partial charge is 0.463 e. The normalized spacial score (nSPS) is 21.6. The third-order valence-corrected chi connectivity index (χ3v) is 8.15. The van der Waals surface area contributed by atoms with Crippen molar-refractivity contribution < 1.29 is 60.5 Å². The molecule has 4 heterocycles. The van der Waals surface area contributed by atoms with Crippen LogP contribution in [0.1, 0.15) is 38.3 Å². The van der Waals surface area contributed by atoms with Crippen LogP contribution in [-0.4, -0.2) is 80.9 Å². The van der Waals surface area contributed by atoms with E-state index in [1.54, 1.807) is 13.8 Å². The predicted molar refractivity (Wildman–Crippen MR) is 162 cm³/mol. The molecule has 18 heteroatoms. The number of cyclic esters (lactones) is 2. The number of carbonyl (C=O) groups excluding carboxylic acids is 6. The third kappa shape index (κ3) is 5.95. The first-order chi connectivity index (χ1) is 23.1. The van der Waals surface area contributed by atoms with Gasteiger partial charge in [-0.25, -0.2) is 14.4 Å². The Balaban J connectivity index is 0.000000192. The first-order valence-electron chi connectivity index (χ1n) is 15.2. The number of nitrogens with zero attached hydrogens (tertiary/aromatic N) is 4. The standard InChI is InChI=1S/C17H18F2N2O5.C14H13F2N3O4/c1-3-7-25-14(22)13-9-21(16(24)26-13)10-5-6-12-11(8-10)17(18,19)15(23)20(12)4-2;1-2-18-9-4-3-7(5-8(9)14(15,16)12(18)21)19-6-10(11(17)20)23-13(19)22/h5-6,8,13H,3-4,7,9H2,1-2H3;3-5,10H,2,6H2,1H3,(H2,17,20)/t13-;10-/m11/s1. The number of fused-ring (bicyclic) bond motifs is 2. The highest BCUT2D eigenvalue weighted by Crippen LogP contribution is 2.47. The molecule has 2 N–H and O–H groups in total. The molecule has 2 atom stereocenters. The van der Waals surface area contributed by atoms with Gasteiger partial charge < -0.3 is 29.7 Å². The quantitative estimate of drug-likeness (QED) is 0.248. The molecule has 5 amide bonds. The van der Waals surface area contributed by atoms with E-state index in [1.165, 1.54) is 24.3 Å². The summed E-state index contributed by atoms with van der Waals surface area (Å²) in [6, 6.07) is 7.72. The van der Waals surface area contributed by atoms with E-state index in [4.69, 9.17) is 19.9 Å². The fourth-order valence-electron chi connectivity index (χ4n) is 5.69. The van der Waals surface area contributed by atoms with Crippen LogP contribution >= 0.6 is 0 Å². The average Bonchev–Trinajstić information content (AvgIpc) is 3.76. The maximum Gasteiger partial charge on any atom is 0.415 e. The Hall–Kier alpha value is -5.42. The third-order valence-electron chi connectivity index (χ3n) is 8.15. The summed E-state index contributed by atoms with van der Waals surface area (Å²) in [4.78, 5) is 74.4. The number of hydrogen-bond donors (Lipinski definition) is 1. The molecule has 4 aliphatic heterocycles. The highest BCUT2D eigenvalue weighted by molar-refractivity contribution is 6.07. The van der Waals surface area contributed by atoms with Crippen LogP contribution in [0.3, 0.4) is 0 Å². The molecule has 2 aromatic carbocycles. The van der Waals surface area contributed by atoms with Gasteiger partial charge >= 0.3 is 41.8 Å². The van der Waals surface area contributed by atoms with Gasteiger partial charge in [0.1, 0.15) is 0 Å². The number of halogens is 4. The van der Waals surface area contributed by atoms with Crippen LogP contribution in [0.4, 0.5) is 49.9 Å². The summed E-state index contributed by atoms with van der Waals surface area (Å²) in [5, 5.41) is 0. The van der Waals surface area contributed by atoms with Gasteiger partial charge in [0.05, 0.1) is 42.2 Å². The van der Waals surface area contributed by atoms with Crippen LogP contribution in [0.25, 0.3) is 0 Å². The minimum atomic E-state index is -3.66. The zero-order valence-electron chi connectivity index (χ0n) is 26.4. The number of hydrogen-bond acceptors (Lipinski definition) is 9. The molecule has 2 saturated heterocycles. The summed E-state index contributed by atoms with van der Waals surface area (Å²) in [6.45, 7) is 5.13. The Labute approximate surface area is 276 Å². The lowest BCUT2D eigenvalue weighted by atomic mass is 10.1. The summed E-state index contributed by atoms with van der Waals surface area (Å²) in [7, 11) is 0. The lowest BCUT2D eigenvalue weighted by molar-refractivity contribution is -0.151.